The number of benzene rings is 1. The molecule has 6 heteroatoms. The third-order valence-corrected chi connectivity index (χ3v) is 5.69. The number of likely N-dealkylation sites (tertiary alicyclic amines) is 1. The number of carbonyl (C=O) groups excluding carboxylic acids is 1. The number of aryl methyl sites for hydroxylation is 1. The minimum atomic E-state index is -0.998. The second-order valence-corrected chi connectivity index (χ2v) is 9.51. The maximum Gasteiger partial charge on any atom is 0.410 e. The van der Waals surface area contributed by atoms with Crippen LogP contribution in [-0.4, -0.2) is 40.8 Å². The summed E-state index contributed by atoms with van der Waals surface area (Å²) >= 11 is 6.04. The van der Waals surface area contributed by atoms with Crippen LogP contribution < -0.4 is 0 Å². The molecule has 1 saturated heterocycles. The van der Waals surface area contributed by atoms with Gasteiger partial charge in [0.2, 0.25) is 0 Å². The first-order valence-corrected chi connectivity index (χ1v) is 10.4. The van der Waals surface area contributed by atoms with E-state index in [1.54, 1.807) is 12.1 Å². The Balaban J connectivity index is 1.74. The third-order valence-electron chi connectivity index (χ3n) is 5.38. The normalized spacial score (nSPS) is 16.7. The predicted molar refractivity (Wildman–Crippen MR) is 111 cm³/mol. The number of amides is 1. The Morgan fingerprint density at radius 1 is 1.21 bits per heavy atom. The van der Waals surface area contributed by atoms with Crippen molar-refractivity contribution >= 4 is 23.7 Å². The average Bonchev–Trinajstić information content (AvgIpc) is 2.57. The number of nitrogens with zero attached hydrogens (tertiary/aromatic N) is 1. The van der Waals surface area contributed by atoms with Crippen LogP contribution in [0.4, 0.5) is 4.79 Å². The van der Waals surface area contributed by atoms with Gasteiger partial charge < -0.3 is 14.7 Å². The third kappa shape index (κ3) is 6.69. The first-order valence-electron chi connectivity index (χ1n) is 9.99. The van der Waals surface area contributed by atoms with Gasteiger partial charge in [0.15, 0.2) is 0 Å². The van der Waals surface area contributed by atoms with Crippen LogP contribution in [0.2, 0.25) is 5.02 Å². The number of carboxylic acids is 1. The fourth-order valence-electron chi connectivity index (χ4n) is 3.57. The Hall–Kier alpha value is -1.75. The zero-order valence-corrected chi connectivity index (χ0v) is 18.1. The van der Waals surface area contributed by atoms with E-state index in [1.807, 2.05) is 31.7 Å². The number of aromatic carboxylic acids is 1. The van der Waals surface area contributed by atoms with Gasteiger partial charge in [-0.1, -0.05) is 31.0 Å². The molecular formula is C22H32ClNO4. The molecule has 1 aliphatic rings. The molecule has 1 N–H and O–H groups in total. The Labute approximate surface area is 173 Å². The number of ether oxygens (including phenoxy) is 1. The Morgan fingerprint density at radius 2 is 1.86 bits per heavy atom. The summed E-state index contributed by atoms with van der Waals surface area (Å²) in [5.41, 5.74) is 1.02. The molecule has 0 aromatic heterocycles. The zero-order chi connectivity index (χ0) is 20.9. The van der Waals surface area contributed by atoms with Crippen molar-refractivity contribution in [1.29, 1.82) is 0 Å². The van der Waals surface area contributed by atoms with Gasteiger partial charge in [0.1, 0.15) is 5.60 Å². The van der Waals surface area contributed by atoms with Crippen molar-refractivity contribution in [2.24, 2.45) is 5.41 Å². The lowest BCUT2D eigenvalue weighted by molar-refractivity contribution is 0.0108. The van der Waals surface area contributed by atoms with Crippen molar-refractivity contribution < 1.29 is 19.4 Å². The molecule has 0 bridgehead atoms. The van der Waals surface area contributed by atoms with E-state index in [0.717, 1.165) is 57.2 Å². The summed E-state index contributed by atoms with van der Waals surface area (Å²) in [7, 11) is 0. The summed E-state index contributed by atoms with van der Waals surface area (Å²) in [4.78, 5) is 25.0. The molecule has 1 aromatic rings. The van der Waals surface area contributed by atoms with E-state index in [4.69, 9.17) is 21.4 Å². The molecule has 0 radical (unpaired) electrons. The van der Waals surface area contributed by atoms with Gasteiger partial charge >= 0.3 is 12.1 Å². The Bertz CT molecular complexity index is 703. The van der Waals surface area contributed by atoms with Crippen LogP contribution in [0, 0.1) is 5.41 Å². The molecule has 156 valence electrons. The molecule has 0 aliphatic carbocycles. The molecule has 0 unspecified atom stereocenters. The van der Waals surface area contributed by atoms with Crippen LogP contribution in [-0.2, 0) is 11.2 Å². The predicted octanol–water partition coefficient (Wildman–Crippen LogP) is 5.79. The number of hydrogen-bond acceptors (Lipinski definition) is 3. The van der Waals surface area contributed by atoms with Gasteiger partial charge in [-0.3, -0.25) is 0 Å². The van der Waals surface area contributed by atoms with Crippen molar-refractivity contribution in [1.82, 2.24) is 4.90 Å². The number of unbranched alkanes of at least 4 members (excludes halogenated alkanes) is 1. The highest BCUT2D eigenvalue weighted by atomic mass is 35.5. The van der Waals surface area contributed by atoms with Crippen molar-refractivity contribution in [3.63, 3.8) is 0 Å². The standard InChI is InChI=1S/C22H32ClNO4/c1-21(2,3)28-20(27)24-13-11-22(4,12-14-24)10-6-5-7-16-8-9-17(19(25)26)18(23)15-16/h8-9,15H,5-7,10-14H2,1-4H3,(H,25,26). The number of piperidine rings is 1. The van der Waals surface area contributed by atoms with Crippen LogP contribution in [0.3, 0.4) is 0 Å². The second-order valence-electron chi connectivity index (χ2n) is 9.10. The van der Waals surface area contributed by atoms with Crippen LogP contribution in [0.1, 0.15) is 75.7 Å². The van der Waals surface area contributed by atoms with Crippen LogP contribution in [0.5, 0.6) is 0 Å². The van der Waals surface area contributed by atoms with Crippen molar-refractivity contribution in [3.8, 4) is 0 Å². The molecular weight excluding hydrogens is 378 g/mol. The quantitative estimate of drug-likeness (QED) is 0.604. The van der Waals surface area contributed by atoms with Gasteiger partial charge in [0, 0.05) is 13.1 Å². The van der Waals surface area contributed by atoms with Crippen molar-refractivity contribution in [2.75, 3.05) is 13.1 Å². The molecule has 28 heavy (non-hydrogen) atoms. The van der Waals surface area contributed by atoms with Crippen LogP contribution >= 0.6 is 11.6 Å². The monoisotopic (exact) mass is 409 g/mol. The number of carbonyl (C=O) groups is 2. The van der Waals surface area contributed by atoms with Crippen molar-refractivity contribution in [3.05, 3.63) is 34.3 Å². The molecule has 5 nitrogen and oxygen atoms in total. The van der Waals surface area contributed by atoms with E-state index in [1.165, 1.54) is 0 Å². The number of hydrogen-bond donors (Lipinski definition) is 1. The molecule has 1 fully saturated rings. The van der Waals surface area contributed by atoms with Crippen LogP contribution in [0.25, 0.3) is 0 Å². The summed E-state index contributed by atoms with van der Waals surface area (Å²) in [6, 6.07) is 5.18. The maximum absolute atomic E-state index is 12.2. The van der Waals surface area contributed by atoms with E-state index >= 15 is 0 Å². The average molecular weight is 410 g/mol. The van der Waals surface area contributed by atoms with E-state index in [-0.39, 0.29) is 17.1 Å². The second kappa shape index (κ2) is 9.17. The van der Waals surface area contributed by atoms with Crippen LogP contribution in [0.15, 0.2) is 18.2 Å². The SMILES string of the molecule is CC1(CCCCc2ccc(C(=O)O)c(Cl)c2)CCN(C(=O)OC(C)(C)C)CC1. The Kier molecular flexibility index (Phi) is 7.38. The van der Waals surface area contributed by atoms with Crippen molar-refractivity contribution in [2.45, 2.75) is 71.8 Å². The minimum absolute atomic E-state index is 0.148. The molecule has 1 heterocycles. The topological polar surface area (TPSA) is 66.8 Å². The smallest absolute Gasteiger partial charge is 0.410 e. The maximum atomic E-state index is 12.2. The first kappa shape index (κ1) is 22.5. The van der Waals surface area contributed by atoms with E-state index < -0.39 is 11.6 Å². The summed E-state index contributed by atoms with van der Waals surface area (Å²) in [5, 5.41) is 9.33. The highest BCUT2D eigenvalue weighted by Crippen LogP contribution is 2.36. The van der Waals surface area contributed by atoms with E-state index in [0.29, 0.717) is 5.02 Å². The summed E-state index contributed by atoms with van der Waals surface area (Å²) in [5.74, 6) is -0.998. The number of rotatable bonds is 6. The van der Waals surface area contributed by atoms with Gasteiger partial charge in [-0.15, -0.1) is 0 Å². The fourth-order valence-corrected chi connectivity index (χ4v) is 3.86. The molecule has 0 atom stereocenters. The molecule has 1 aromatic carbocycles. The Morgan fingerprint density at radius 3 is 2.39 bits per heavy atom. The van der Waals surface area contributed by atoms with Gasteiger partial charge in [0.25, 0.3) is 0 Å². The lowest BCUT2D eigenvalue weighted by Gasteiger charge is -2.40. The van der Waals surface area contributed by atoms with Gasteiger partial charge in [-0.05, 0) is 76.0 Å². The largest absolute Gasteiger partial charge is 0.478 e. The molecule has 0 spiro atoms. The van der Waals surface area contributed by atoms with Gasteiger partial charge in [-0.2, -0.15) is 0 Å². The van der Waals surface area contributed by atoms with Gasteiger partial charge in [-0.25, -0.2) is 9.59 Å². The van der Waals surface area contributed by atoms with E-state index in [9.17, 15) is 9.59 Å². The summed E-state index contributed by atoms with van der Waals surface area (Å²) in [6.07, 6.45) is 5.92. The first-order chi connectivity index (χ1) is 13.0. The highest BCUT2D eigenvalue weighted by Gasteiger charge is 2.33. The summed E-state index contributed by atoms with van der Waals surface area (Å²) < 4.78 is 5.47. The number of halogens is 1. The number of carboxylic acid groups (broad SMARTS) is 1. The molecule has 2 rings (SSSR count). The van der Waals surface area contributed by atoms with Gasteiger partial charge in [0.05, 0.1) is 10.6 Å². The lowest BCUT2D eigenvalue weighted by Crippen LogP contribution is -2.44. The minimum Gasteiger partial charge on any atom is -0.478 e. The lowest BCUT2D eigenvalue weighted by atomic mass is 9.76. The highest BCUT2D eigenvalue weighted by molar-refractivity contribution is 6.33. The zero-order valence-electron chi connectivity index (χ0n) is 17.4. The molecule has 1 amide bonds. The fraction of sp³-hybridized carbons (Fsp3) is 0.636. The summed E-state index contributed by atoms with van der Waals surface area (Å²) in [6.45, 7) is 9.47. The van der Waals surface area contributed by atoms with E-state index in [2.05, 4.69) is 6.92 Å². The molecule has 0 saturated carbocycles. The molecule has 1 aliphatic heterocycles.